The van der Waals surface area contributed by atoms with Crippen LogP contribution in [0.25, 0.3) is 22.3 Å². The van der Waals surface area contributed by atoms with E-state index in [9.17, 15) is 0 Å². The van der Waals surface area contributed by atoms with Crippen LogP contribution in [0.2, 0.25) is 0 Å². The van der Waals surface area contributed by atoms with Gasteiger partial charge < -0.3 is 4.42 Å². The van der Waals surface area contributed by atoms with Crippen LogP contribution >= 0.6 is 22.6 Å². The van der Waals surface area contributed by atoms with E-state index >= 15 is 0 Å². The fourth-order valence-corrected chi connectivity index (χ4v) is 2.10. The Morgan fingerprint density at radius 1 is 0.875 bits per heavy atom. The van der Waals surface area contributed by atoms with Crippen molar-refractivity contribution in [1.82, 2.24) is 0 Å². The van der Waals surface area contributed by atoms with Crippen molar-refractivity contribution >= 4 is 33.6 Å². The molecule has 1 heterocycles. The molecule has 0 unspecified atom stereocenters. The van der Waals surface area contributed by atoms with E-state index in [1.165, 1.54) is 3.57 Å². The summed E-state index contributed by atoms with van der Waals surface area (Å²) in [7, 11) is 0. The molecule has 0 saturated carbocycles. The van der Waals surface area contributed by atoms with Gasteiger partial charge >= 0.3 is 0 Å². The van der Waals surface area contributed by atoms with E-state index in [-0.39, 0.29) is 0 Å². The number of halogens is 1. The van der Waals surface area contributed by atoms with E-state index in [1.807, 2.05) is 18.2 Å². The van der Waals surface area contributed by atoms with Crippen LogP contribution in [0.4, 0.5) is 0 Å². The fourth-order valence-electron chi connectivity index (χ4n) is 1.74. The predicted octanol–water partition coefficient (Wildman–Crippen LogP) is 4.70. The fraction of sp³-hybridized carbons (Fsp3) is 0. The Kier molecular flexibility index (Phi) is 2.44. The molecule has 3 rings (SSSR count). The molecule has 0 aliphatic carbocycles. The molecule has 0 radical (unpaired) electrons. The van der Waals surface area contributed by atoms with Crippen LogP contribution in [0, 0.1) is 3.57 Å². The van der Waals surface area contributed by atoms with Gasteiger partial charge in [-0.05, 0) is 46.9 Å². The van der Waals surface area contributed by atoms with Crippen molar-refractivity contribution in [1.29, 1.82) is 0 Å². The number of hydrogen-bond donors (Lipinski definition) is 0. The van der Waals surface area contributed by atoms with Gasteiger partial charge in [-0.2, -0.15) is 0 Å². The minimum absolute atomic E-state index is 0.928. The van der Waals surface area contributed by atoms with E-state index in [4.69, 9.17) is 4.42 Å². The number of para-hydroxylation sites is 1. The highest BCUT2D eigenvalue weighted by atomic mass is 127. The van der Waals surface area contributed by atoms with Crippen LogP contribution in [0.3, 0.4) is 0 Å². The van der Waals surface area contributed by atoms with E-state index < -0.39 is 0 Å². The van der Waals surface area contributed by atoms with Crippen LogP contribution < -0.4 is 0 Å². The molecule has 0 fully saturated rings. The summed E-state index contributed by atoms with van der Waals surface area (Å²) in [5.41, 5.74) is 2.06. The highest BCUT2D eigenvalue weighted by Crippen LogP contribution is 2.27. The van der Waals surface area contributed by atoms with Crippen LogP contribution in [0.5, 0.6) is 0 Å². The summed E-state index contributed by atoms with van der Waals surface area (Å²) in [6.45, 7) is 0. The van der Waals surface area contributed by atoms with Gasteiger partial charge in [0.05, 0.1) is 0 Å². The molecule has 0 aliphatic heterocycles. The largest absolute Gasteiger partial charge is 0.456 e. The number of furan rings is 1. The molecule has 2 heteroatoms. The summed E-state index contributed by atoms with van der Waals surface area (Å²) in [5.74, 6) is 0.928. The van der Waals surface area contributed by atoms with Crippen LogP contribution in [0.1, 0.15) is 0 Å². The maximum atomic E-state index is 5.79. The Balaban J connectivity index is 2.15. The van der Waals surface area contributed by atoms with Gasteiger partial charge in [0.1, 0.15) is 11.3 Å². The Labute approximate surface area is 107 Å². The smallest absolute Gasteiger partial charge is 0.135 e. The number of rotatable bonds is 1. The van der Waals surface area contributed by atoms with Crippen molar-refractivity contribution in [3.05, 3.63) is 58.2 Å². The lowest BCUT2D eigenvalue weighted by Gasteiger charge is -1.95. The number of fused-ring (bicyclic) bond motifs is 1. The second-order valence-electron chi connectivity index (χ2n) is 3.66. The number of benzene rings is 2. The average Bonchev–Trinajstić information content (AvgIpc) is 2.73. The predicted molar refractivity (Wildman–Crippen MR) is 74.4 cm³/mol. The first kappa shape index (κ1) is 9.90. The van der Waals surface area contributed by atoms with Gasteiger partial charge in [0.15, 0.2) is 0 Å². The maximum absolute atomic E-state index is 5.79. The zero-order valence-corrected chi connectivity index (χ0v) is 10.6. The molecule has 78 valence electrons. The number of hydrogen-bond acceptors (Lipinski definition) is 1. The third-order valence-electron chi connectivity index (χ3n) is 2.55. The summed E-state index contributed by atoms with van der Waals surface area (Å²) in [6, 6.07) is 18.5. The van der Waals surface area contributed by atoms with Gasteiger partial charge in [-0.1, -0.05) is 30.3 Å². The molecule has 0 amide bonds. The second-order valence-corrected chi connectivity index (χ2v) is 4.90. The zero-order chi connectivity index (χ0) is 11.0. The van der Waals surface area contributed by atoms with Gasteiger partial charge in [-0.15, -0.1) is 0 Å². The van der Waals surface area contributed by atoms with Gasteiger partial charge in [0.25, 0.3) is 0 Å². The standard InChI is InChI=1S/C14H9IO/c15-12-7-5-10(6-8-12)14-9-11-3-1-2-4-13(11)16-14/h1-9H. The first-order valence-electron chi connectivity index (χ1n) is 5.07. The molecule has 2 aromatic carbocycles. The third kappa shape index (κ3) is 1.73. The second kappa shape index (κ2) is 3.94. The topological polar surface area (TPSA) is 13.1 Å². The van der Waals surface area contributed by atoms with E-state index in [2.05, 4.69) is 59.0 Å². The summed E-state index contributed by atoms with van der Waals surface area (Å²) in [4.78, 5) is 0. The summed E-state index contributed by atoms with van der Waals surface area (Å²) < 4.78 is 7.03. The van der Waals surface area contributed by atoms with Gasteiger partial charge in [0, 0.05) is 14.5 Å². The van der Waals surface area contributed by atoms with E-state index in [0.717, 1.165) is 22.3 Å². The van der Waals surface area contributed by atoms with Crippen molar-refractivity contribution in [3.63, 3.8) is 0 Å². The molecular formula is C14H9IO. The van der Waals surface area contributed by atoms with Crippen molar-refractivity contribution in [2.75, 3.05) is 0 Å². The van der Waals surface area contributed by atoms with E-state index in [1.54, 1.807) is 0 Å². The summed E-state index contributed by atoms with van der Waals surface area (Å²) in [5, 5.41) is 1.15. The van der Waals surface area contributed by atoms with Gasteiger partial charge in [0.2, 0.25) is 0 Å². The van der Waals surface area contributed by atoms with Gasteiger partial charge in [-0.25, -0.2) is 0 Å². The van der Waals surface area contributed by atoms with Crippen molar-refractivity contribution in [2.24, 2.45) is 0 Å². The monoisotopic (exact) mass is 320 g/mol. The lowest BCUT2D eigenvalue weighted by Crippen LogP contribution is -1.73. The molecule has 16 heavy (non-hydrogen) atoms. The summed E-state index contributed by atoms with van der Waals surface area (Å²) >= 11 is 2.30. The first-order valence-corrected chi connectivity index (χ1v) is 6.15. The Bertz CT molecular complexity index is 590. The van der Waals surface area contributed by atoms with Gasteiger partial charge in [-0.3, -0.25) is 0 Å². The normalized spacial score (nSPS) is 10.8. The Morgan fingerprint density at radius 3 is 2.38 bits per heavy atom. The molecular weight excluding hydrogens is 311 g/mol. The highest BCUT2D eigenvalue weighted by Gasteiger charge is 2.04. The Hall–Kier alpha value is -1.29. The first-order chi connectivity index (χ1) is 7.83. The molecule has 3 aromatic rings. The zero-order valence-electron chi connectivity index (χ0n) is 8.48. The molecule has 0 atom stereocenters. The summed E-state index contributed by atoms with van der Waals surface area (Å²) in [6.07, 6.45) is 0. The maximum Gasteiger partial charge on any atom is 0.135 e. The average molecular weight is 320 g/mol. The minimum atomic E-state index is 0.928. The lowest BCUT2D eigenvalue weighted by molar-refractivity contribution is 0.631. The quantitative estimate of drug-likeness (QED) is 0.592. The SMILES string of the molecule is Ic1ccc(-c2cc3ccccc3o2)cc1. The van der Waals surface area contributed by atoms with Crippen molar-refractivity contribution < 1.29 is 4.42 Å². The van der Waals surface area contributed by atoms with Crippen LogP contribution in [-0.4, -0.2) is 0 Å². The lowest BCUT2D eigenvalue weighted by atomic mass is 10.1. The van der Waals surface area contributed by atoms with Crippen LogP contribution in [-0.2, 0) is 0 Å². The molecule has 1 aromatic heterocycles. The molecule has 1 nitrogen and oxygen atoms in total. The third-order valence-corrected chi connectivity index (χ3v) is 3.27. The molecule has 0 saturated heterocycles. The molecule has 0 N–H and O–H groups in total. The molecule has 0 aliphatic rings. The van der Waals surface area contributed by atoms with Crippen LogP contribution in [0.15, 0.2) is 59.0 Å². The van der Waals surface area contributed by atoms with Crippen molar-refractivity contribution in [3.8, 4) is 11.3 Å². The molecule has 0 bridgehead atoms. The minimum Gasteiger partial charge on any atom is -0.456 e. The van der Waals surface area contributed by atoms with E-state index in [0.29, 0.717) is 0 Å². The highest BCUT2D eigenvalue weighted by molar-refractivity contribution is 14.1. The Morgan fingerprint density at radius 2 is 1.62 bits per heavy atom. The van der Waals surface area contributed by atoms with Crippen molar-refractivity contribution in [2.45, 2.75) is 0 Å². The molecule has 0 spiro atoms.